The highest BCUT2D eigenvalue weighted by atomic mass is 16.6. The zero-order chi connectivity index (χ0) is 23.6. The van der Waals surface area contributed by atoms with E-state index in [2.05, 4.69) is 0 Å². The zero-order valence-electron chi connectivity index (χ0n) is 16.3. The number of H-pyrrole nitrogens is 1. The molecule has 2 aromatic carbocycles. The maximum Gasteiger partial charge on any atom is 0.342 e. The molecule has 12 heteroatoms. The van der Waals surface area contributed by atoms with Crippen LogP contribution in [0, 0.1) is 10.1 Å². The number of carboxylic acids is 2. The quantitative estimate of drug-likeness (QED) is 0.312. The van der Waals surface area contributed by atoms with E-state index >= 15 is 0 Å². The molecule has 0 radical (unpaired) electrons. The molecule has 1 heterocycles. The molecule has 0 bridgehead atoms. The Balaban J connectivity index is 2.13. The molecule has 5 N–H and O–H groups in total. The topological polar surface area (TPSA) is 195 Å². The largest absolute Gasteiger partial charge is 0.493 e. The third kappa shape index (κ3) is 4.05. The van der Waals surface area contributed by atoms with Crippen LogP contribution in [0.3, 0.4) is 0 Å². The van der Waals surface area contributed by atoms with Gasteiger partial charge in [-0.2, -0.15) is 0 Å². The van der Waals surface area contributed by atoms with Crippen LogP contribution in [0.5, 0.6) is 17.2 Å². The van der Waals surface area contributed by atoms with Crippen molar-refractivity contribution in [2.75, 3.05) is 12.8 Å². The zero-order valence-corrected chi connectivity index (χ0v) is 16.3. The minimum absolute atomic E-state index is 0.0329. The smallest absolute Gasteiger partial charge is 0.342 e. The molecule has 0 amide bonds. The van der Waals surface area contributed by atoms with Crippen molar-refractivity contribution >= 4 is 23.4 Å². The number of rotatable bonds is 7. The SMILES string of the molecule is COc1cc(-c2c(C(=O)O)c(N)[nH]c(=O)c2C(=O)O)ccc1Oc1ccc([N+](=O)[O-])cc1. The standard InChI is InChI=1S/C20H15N3O9/c1-31-13-8-9(2-7-12(13)32-11-5-3-10(4-6-11)23(29)30)14-15(19(25)26)17(21)22-18(24)16(14)20(27)28/h2-8H,1H3,(H,25,26)(H,27,28)(H3,21,22,24). The number of pyridine rings is 1. The van der Waals surface area contributed by atoms with Gasteiger partial charge in [-0.1, -0.05) is 6.07 Å². The first-order chi connectivity index (χ1) is 15.1. The fourth-order valence-electron chi connectivity index (χ4n) is 3.01. The Morgan fingerprint density at radius 2 is 1.66 bits per heavy atom. The molecule has 0 saturated heterocycles. The van der Waals surface area contributed by atoms with E-state index in [1.54, 1.807) is 0 Å². The van der Waals surface area contributed by atoms with Crippen molar-refractivity contribution in [1.82, 2.24) is 4.98 Å². The number of nitrogens with one attached hydrogen (secondary N) is 1. The first-order valence-electron chi connectivity index (χ1n) is 8.77. The summed E-state index contributed by atoms with van der Waals surface area (Å²) in [7, 11) is 1.30. The molecule has 0 spiro atoms. The van der Waals surface area contributed by atoms with E-state index in [-0.39, 0.29) is 28.5 Å². The Morgan fingerprint density at radius 1 is 1.03 bits per heavy atom. The van der Waals surface area contributed by atoms with Crippen LogP contribution in [-0.4, -0.2) is 39.2 Å². The predicted molar refractivity (Wildman–Crippen MR) is 111 cm³/mol. The summed E-state index contributed by atoms with van der Waals surface area (Å²) in [5.74, 6) is -3.22. The molecule has 0 aliphatic carbocycles. The van der Waals surface area contributed by atoms with Crippen LogP contribution in [0.25, 0.3) is 11.1 Å². The number of aromatic nitrogens is 1. The normalized spacial score (nSPS) is 10.4. The molecular formula is C20H15N3O9. The molecule has 0 aliphatic rings. The molecule has 0 atom stereocenters. The van der Waals surface area contributed by atoms with Gasteiger partial charge >= 0.3 is 11.9 Å². The lowest BCUT2D eigenvalue weighted by Crippen LogP contribution is -2.24. The van der Waals surface area contributed by atoms with E-state index in [0.717, 1.165) is 0 Å². The number of aromatic carboxylic acids is 2. The second-order valence-corrected chi connectivity index (χ2v) is 6.32. The fraction of sp³-hybridized carbons (Fsp3) is 0.0500. The summed E-state index contributed by atoms with van der Waals surface area (Å²) in [4.78, 5) is 47.8. The Hall–Kier alpha value is -4.87. The van der Waals surface area contributed by atoms with Crippen LogP contribution >= 0.6 is 0 Å². The lowest BCUT2D eigenvalue weighted by atomic mass is 9.95. The summed E-state index contributed by atoms with van der Waals surface area (Å²) in [5.41, 5.74) is 2.68. The molecule has 1 aromatic heterocycles. The molecule has 0 unspecified atom stereocenters. The number of non-ortho nitro benzene ring substituents is 1. The minimum atomic E-state index is -1.64. The monoisotopic (exact) mass is 441 g/mol. The van der Waals surface area contributed by atoms with Gasteiger partial charge in [-0.05, 0) is 29.8 Å². The minimum Gasteiger partial charge on any atom is -0.493 e. The Morgan fingerprint density at radius 3 is 2.19 bits per heavy atom. The van der Waals surface area contributed by atoms with E-state index in [1.807, 2.05) is 4.98 Å². The van der Waals surface area contributed by atoms with E-state index in [0.29, 0.717) is 0 Å². The highest BCUT2D eigenvalue weighted by Crippen LogP contribution is 2.38. The van der Waals surface area contributed by atoms with Crippen molar-refractivity contribution < 1.29 is 34.2 Å². The number of nitrogen functional groups attached to an aromatic ring is 1. The number of nitrogens with zero attached hydrogens (tertiary/aromatic N) is 1. The number of anilines is 1. The molecule has 164 valence electrons. The summed E-state index contributed by atoms with van der Waals surface area (Å²) < 4.78 is 10.9. The molecule has 0 aliphatic heterocycles. The average molecular weight is 441 g/mol. The van der Waals surface area contributed by atoms with Crippen molar-refractivity contribution in [3.05, 3.63) is 74.1 Å². The van der Waals surface area contributed by atoms with Gasteiger partial charge in [0.25, 0.3) is 11.2 Å². The number of nitro benzene ring substituents is 1. The van der Waals surface area contributed by atoms with Gasteiger partial charge < -0.3 is 30.4 Å². The van der Waals surface area contributed by atoms with Crippen LogP contribution in [-0.2, 0) is 0 Å². The second kappa shape index (κ2) is 8.47. The number of hydrogen-bond donors (Lipinski definition) is 4. The third-order valence-electron chi connectivity index (χ3n) is 4.40. The lowest BCUT2D eigenvalue weighted by molar-refractivity contribution is -0.384. The molecule has 32 heavy (non-hydrogen) atoms. The van der Waals surface area contributed by atoms with Crippen LogP contribution in [0.1, 0.15) is 20.7 Å². The van der Waals surface area contributed by atoms with Gasteiger partial charge in [0.05, 0.1) is 12.0 Å². The van der Waals surface area contributed by atoms with Crippen molar-refractivity contribution in [2.24, 2.45) is 0 Å². The van der Waals surface area contributed by atoms with Gasteiger partial charge in [-0.25, -0.2) is 9.59 Å². The van der Waals surface area contributed by atoms with Gasteiger partial charge in [-0.3, -0.25) is 14.9 Å². The number of nitrogens with two attached hydrogens (primary N) is 1. The van der Waals surface area contributed by atoms with Crippen molar-refractivity contribution in [3.63, 3.8) is 0 Å². The summed E-state index contributed by atoms with van der Waals surface area (Å²) in [6.45, 7) is 0. The number of aromatic amines is 1. The maximum absolute atomic E-state index is 12.2. The molecule has 0 saturated carbocycles. The molecule has 3 aromatic rings. The number of carboxylic acid groups (broad SMARTS) is 2. The second-order valence-electron chi connectivity index (χ2n) is 6.32. The number of methoxy groups -OCH3 is 1. The van der Waals surface area contributed by atoms with Crippen molar-refractivity contribution in [1.29, 1.82) is 0 Å². The van der Waals surface area contributed by atoms with Gasteiger partial charge in [0.2, 0.25) is 0 Å². The van der Waals surface area contributed by atoms with Crippen LogP contribution in [0.2, 0.25) is 0 Å². The summed E-state index contributed by atoms with van der Waals surface area (Å²) in [5, 5.41) is 29.8. The highest BCUT2D eigenvalue weighted by molar-refractivity contribution is 6.07. The van der Waals surface area contributed by atoms with Gasteiger partial charge in [0.15, 0.2) is 11.5 Å². The van der Waals surface area contributed by atoms with E-state index in [4.69, 9.17) is 15.2 Å². The number of ether oxygens (including phenoxy) is 2. The van der Waals surface area contributed by atoms with E-state index in [1.165, 1.54) is 49.6 Å². The summed E-state index contributed by atoms with van der Waals surface area (Å²) in [6, 6.07) is 9.21. The van der Waals surface area contributed by atoms with Crippen LogP contribution < -0.4 is 20.8 Å². The lowest BCUT2D eigenvalue weighted by Gasteiger charge is -2.15. The Labute approximate surface area is 178 Å². The molecule has 3 rings (SSSR count). The predicted octanol–water partition coefficient (Wildman–Crippen LogP) is 2.73. The molecular weight excluding hydrogens is 426 g/mol. The summed E-state index contributed by atoms with van der Waals surface area (Å²) >= 11 is 0. The average Bonchev–Trinajstić information content (AvgIpc) is 2.73. The highest BCUT2D eigenvalue weighted by Gasteiger charge is 2.27. The summed E-state index contributed by atoms with van der Waals surface area (Å²) in [6.07, 6.45) is 0. The number of benzene rings is 2. The first kappa shape index (κ1) is 21.8. The Kier molecular flexibility index (Phi) is 5.78. The molecule has 12 nitrogen and oxygen atoms in total. The maximum atomic E-state index is 12.2. The van der Waals surface area contributed by atoms with Crippen molar-refractivity contribution in [3.8, 4) is 28.4 Å². The Bertz CT molecular complexity index is 1300. The fourth-order valence-corrected chi connectivity index (χ4v) is 3.01. The van der Waals surface area contributed by atoms with E-state index < -0.39 is 44.9 Å². The van der Waals surface area contributed by atoms with Crippen LogP contribution in [0.4, 0.5) is 11.5 Å². The van der Waals surface area contributed by atoms with E-state index in [9.17, 15) is 34.7 Å². The van der Waals surface area contributed by atoms with Gasteiger partial charge in [0.1, 0.15) is 22.7 Å². The third-order valence-corrected chi connectivity index (χ3v) is 4.40. The number of hydrogen-bond acceptors (Lipinski definition) is 8. The van der Waals surface area contributed by atoms with Gasteiger partial charge in [-0.15, -0.1) is 0 Å². The van der Waals surface area contributed by atoms with Crippen LogP contribution in [0.15, 0.2) is 47.3 Å². The first-order valence-corrected chi connectivity index (χ1v) is 8.77. The van der Waals surface area contributed by atoms with Gasteiger partial charge in [0, 0.05) is 17.7 Å². The number of carbonyl (C=O) groups is 2. The van der Waals surface area contributed by atoms with Crippen molar-refractivity contribution in [2.45, 2.75) is 0 Å². The number of nitro groups is 1. The molecule has 0 fully saturated rings.